The predicted octanol–water partition coefficient (Wildman–Crippen LogP) is 3.76. The van der Waals surface area contributed by atoms with Crippen molar-refractivity contribution in [1.29, 1.82) is 0 Å². The van der Waals surface area contributed by atoms with Crippen LogP contribution in [0.15, 0.2) is 36.8 Å². The van der Waals surface area contributed by atoms with E-state index < -0.39 is 30.3 Å². The lowest BCUT2D eigenvalue weighted by Gasteiger charge is -2.51. The fourth-order valence-electron chi connectivity index (χ4n) is 3.73. The van der Waals surface area contributed by atoms with E-state index in [0.29, 0.717) is 12.8 Å². The summed E-state index contributed by atoms with van der Waals surface area (Å²) in [5, 5.41) is 0. The van der Waals surface area contributed by atoms with Gasteiger partial charge in [0.1, 0.15) is 0 Å². The van der Waals surface area contributed by atoms with Crippen LogP contribution in [0.25, 0.3) is 0 Å². The van der Waals surface area contributed by atoms with Gasteiger partial charge in [0.25, 0.3) is 0 Å². The highest BCUT2D eigenvalue weighted by molar-refractivity contribution is 6.95. The highest BCUT2D eigenvalue weighted by Gasteiger charge is 2.67. The van der Waals surface area contributed by atoms with E-state index in [-0.39, 0.29) is 5.73 Å². The molecule has 0 saturated heterocycles. The molecule has 0 aromatic rings. The normalized spacial score (nSPS) is 18.2. The number of rotatable bonds is 15. The molecule has 0 N–H and O–H groups in total. The molecule has 0 aromatic heterocycles. The molecule has 0 aliphatic heterocycles. The molecule has 9 heteroatoms. The molecule has 2 unspecified atom stereocenters. The van der Waals surface area contributed by atoms with Gasteiger partial charge in [-0.1, -0.05) is 20.8 Å². The van der Waals surface area contributed by atoms with Crippen LogP contribution in [-0.4, -0.2) is 67.0 Å². The number of hydrogen-bond acceptors (Lipinski definition) is 6. The molecule has 0 aromatic carbocycles. The van der Waals surface area contributed by atoms with Crippen LogP contribution >= 0.6 is 0 Å². The van der Waals surface area contributed by atoms with Gasteiger partial charge in [-0.15, -0.1) is 19.7 Å². The van der Waals surface area contributed by atoms with Crippen molar-refractivity contribution in [2.45, 2.75) is 44.0 Å². The maximum Gasteiger partial charge on any atom is 0.392 e. The van der Waals surface area contributed by atoms with E-state index in [9.17, 15) is 0 Å². The van der Waals surface area contributed by atoms with E-state index in [1.165, 1.54) is 0 Å². The summed E-state index contributed by atoms with van der Waals surface area (Å²) in [5.41, 5.74) is 5.00. The van der Waals surface area contributed by atoms with Crippen molar-refractivity contribution in [3.8, 4) is 0 Å². The summed E-state index contributed by atoms with van der Waals surface area (Å²) in [6.45, 7) is 18.2. The standard InChI is InChI=1S/C18H38O6Si3/c1-12-17(25(14-3,19-7)20-8)24-27(16-5,23-11)18(6,13-2)26(15-4,21-9)22-10/h14-17H,3-5,12-13H2,1-2,6-11H3/t17?,18-,27?/m0/s1. The Balaban J connectivity index is 6.56. The Morgan fingerprint density at radius 2 is 1.22 bits per heavy atom. The van der Waals surface area contributed by atoms with Crippen molar-refractivity contribution >= 4 is 25.7 Å². The van der Waals surface area contributed by atoms with Gasteiger partial charge in [-0.25, -0.2) is 0 Å². The summed E-state index contributed by atoms with van der Waals surface area (Å²) in [5.74, 6) is 0. The molecule has 27 heavy (non-hydrogen) atoms. The Hall–Kier alpha value is -0.369. The zero-order chi connectivity index (χ0) is 21.4. The van der Waals surface area contributed by atoms with Crippen LogP contribution in [0.5, 0.6) is 0 Å². The molecule has 0 amide bonds. The summed E-state index contributed by atoms with van der Waals surface area (Å²) in [4.78, 5) is 0. The van der Waals surface area contributed by atoms with E-state index >= 15 is 0 Å². The van der Waals surface area contributed by atoms with Gasteiger partial charge in [-0.3, -0.25) is 0 Å². The largest absolute Gasteiger partial charge is 0.394 e. The van der Waals surface area contributed by atoms with Gasteiger partial charge in [0, 0.05) is 35.5 Å². The molecular weight excluding hydrogens is 396 g/mol. The molecule has 0 spiro atoms. The molecule has 0 aliphatic rings. The third kappa shape index (κ3) is 4.31. The Kier molecular flexibility index (Phi) is 10.8. The maximum absolute atomic E-state index is 6.76. The molecule has 0 rings (SSSR count). The second kappa shape index (κ2) is 11.0. The molecule has 158 valence electrons. The minimum absolute atomic E-state index is 0.328. The molecule has 6 nitrogen and oxygen atoms in total. The van der Waals surface area contributed by atoms with Gasteiger partial charge >= 0.3 is 25.7 Å². The summed E-state index contributed by atoms with van der Waals surface area (Å²) in [7, 11) is -0.632. The minimum atomic E-state index is -3.11. The highest BCUT2D eigenvalue weighted by Crippen LogP contribution is 2.52. The Morgan fingerprint density at radius 1 is 0.778 bits per heavy atom. The van der Waals surface area contributed by atoms with E-state index in [0.717, 1.165) is 0 Å². The molecule has 0 radical (unpaired) electrons. The maximum atomic E-state index is 6.76. The SMILES string of the molecule is C=C[Si](OC)(OC)C(CC)O[Si](C=C)(OC)[C@@](C)(CC)[Si](C=C)(OC)OC. The van der Waals surface area contributed by atoms with Crippen molar-refractivity contribution in [2.24, 2.45) is 0 Å². The minimum Gasteiger partial charge on any atom is -0.394 e. The second-order valence-electron chi connectivity index (χ2n) is 6.39. The monoisotopic (exact) mass is 434 g/mol. The summed E-state index contributed by atoms with van der Waals surface area (Å²) in [6, 6.07) is 0. The molecule has 0 aliphatic carbocycles. The van der Waals surface area contributed by atoms with Crippen LogP contribution in [-0.2, 0) is 26.6 Å². The van der Waals surface area contributed by atoms with Gasteiger partial charge in [0.15, 0.2) is 0 Å². The van der Waals surface area contributed by atoms with Crippen molar-refractivity contribution in [2.75, 3.05) is 35.5 Å². The Morgan fingerprint density at radius 3 is 1.44 bits per heavy atom. The topological polar surface area (TPSA) is 55.4 Å². The van der Waals surface area contributed by atoms with Gasteiger partial charge in [-0.2, -0.15) is 0 Å². The second-order valence-corrected chi connectivity index (χ2v) is 17.4. The van der Waals surface area contributed by atoms with E-state index in [2.05, 4.69) is 33.6 Å². The fourth-order valence-corrected chi connectivity index (χ4v) is 15.4. The van der Waals surface area contributed by atoms with E-state index in [4.69, 9.17) is 26.6 Å². The van der Waals surface area contributed by atoms with E-state index in [1.807, 2.05) is 6.92 Å². The zero-order valence-electron chi connectivity index (χ0n) is 18.3. The first-order chi connectivity index (χ1) is 12.7. The average Bonchev–Trinajstić information content (AvgIpc) is 2.73. The first-order valence-corrected chi connectivity index (χ1v) is 14.8. The number of hydrogen-bond donors (Lipinski definition) is 0. The third-order valence-electron chi connectivity index (χ3n) is 5.75. The Labute approximate surface area is 168 Å². The molecule has 0 heterocycles. The van der Waals surface area contributed by atoms with Crippen molar-refractivity contribution in [3.05, 3.63) is 36.8 Å². The third-order valence-corrected chi connectivity index (χ3v) is 18.7. The van der Waals surface area contributed by atoms with Crippen LogP contribution in [0.1, 0.15) is 33.6 Å². The lowest BCUT2D eigenvalue weighted by Crippen LogP contribution is -2.68. The average molecular weight is 435 g/mol. The summed E-state index contributed by atoms with van der Waals surface area (Å²) < 4.78 is 35.7. The first kappa shape index (κ1) is 26.6. The lowest BCUT2D eigenvalue weighted by molar-refractivity contribution is 0.110. The molecule has 0 bridgehead atoms. The van der Waals surface area contributed by atoms with Crippen LogP contribution in [0.2, 0.25) is 4.66 Å². The van der Waals surface area contributed by atoms with E-state index in [1.54, 1.807) is 52.6 Å². The lowest BCUT2D eigenvalue weighted by atomic mass is 10.3. The van der Waals surface area contributed by atoms with Gasteiger partial charge in [0.05, 0.1) is 10.4 Å². The zero-order valence-corrected chi connectivity index (χ0v) is 21.3. The van der Waals surface area contributed by atoms with Crippen molar-refractivity contribution < 1.29 is 26.6 Å². The van der Waals surface area contributed by atoms with Crippen LogP contribution in [0.4, 0.5) is 0 Å². The highest BCUT2D eigenvalue weighted by atomic mass is 28.4. The van der Waals surface area contributed by atoms with Gasteiger partial charge in [-0.05, 0) is 29.9 Å². The predicted molar refractivity (Wildman–Crippen MR) is 117 cm³/mol. The summed E-state index contributed by atoms with van der Waals surface area (Å²) in [6.07, 6.45) is 1.38. The van der Waals surface area contributed by atoms with Gasteiger partial charge in [0.2, 0.25) is 0 Å². The van der Waals surface area contributed by atoms with Crippen LogP contribution in [0, 0.1) is 0 Å². The molecule has 0 saturated carbocycles. The first-order valence-electron chi connectivity index (χ1n) is 9.06. The van der Waals surface area contributed by atoms with Crippen molar-refractivity contribution in [1.82, 2.24) is 0 Å². The van der Waals surface area contributed by atoms with Crippen LogP contribution < -0.4 is 0 Å². The van der Waals surface area contributed by atoms with Gasteiger partial charge < -0.3 is 26.6 Å². The summed E-state index contributed by atoms with van der Waals surface area (Å²) >= 11 is 0. The smallest absolute Gasteiger partial charge is 0.392 e. The molecular formula is C18H38O6Si3. The fraction of sp³-hybridized carbons (Fsp3) is 0.667. The molecule has 0 fully saturated rings. The Bertz CT molecular complexity index is 495. The van der Waals surface area contributed by atoms with Crippen molar-refractivity contribution in [3.63, 3.8) is 0 Å². The van der Waals surface area contributed by atoms with Crippen LogP contribution in [0.3, 0.4) is 0 Å². The quantitative estimate of drug-likeness (QED) is 0.366. The molecule has 3 atom stereocenters.